The van der Waals surface area contributed by atoms with Gasteiger partial charge < -0.3 is 4.74 Å². The molecule has 0 saturated heterocycles. The lowest BCUT2D eigenvalue weighted by Gasteiger charge is -2.12. The predicted octanol–water partition coefficient (Wildman–Crippen LogP) is 2.85. The van der Waals surface area contributed by atoms with Crippen LogP contribution in [0.5, 0.6) is 5.88 Å². The second-order valence-corrected chi connectivity index (χ2v) is 6.67. The van der Waals surface area contributed by atoms with Crippen molar-refractivity contribution in [3.8, 4) is 11.6 Å². The number of hydrogen-bond acceptors (Lipinski definition) is 6. The molecule has 0 N–H and O–H groups in total. The molecule has 10 heteroatoms. The Hall–Kier alpha value is -3.27. The molecule has 0 amide bonds. The van der Waals surface area contributed by atoms with Crippen molar-refractivity contribution in [3.05, 3.63) is 76.3 Å². The summed E-state index contributed by atoms with van der Waals surface area (Å²) < 4.78 is 34.6. The molecule has 0 aliphatic rings. The van der Waals surface area contributed by atoms with E-state index in [1.54, 1.807) is 12.1 Å². The number of aromatic nitrogens is 5. The maximum Gasteiger partial charge on any atom is 0.285 e. The van der Waals surface area contributed by atoms with Crippen LogP contribution >= 0.6 is 11.8 Å². The topological polar surface area (TPSA) is 74.3 Å². The molecule has 0 bridgehead atoms. The number of halogens is 2. The first-order valence-electron chi connectivity index (χ1n) is 8.11. The van der Waals surface area contributed by atoms with Crippen LogP contribution in [0.1, 0.15) is 5.56 Å². The summed E-state index contributed by atoms with van der Waals surface area (Å²) in [5.74, 6) is -0.780. The molecule has 0 aliphatic carbocycles. The maximum absolute atomic E-state index is 14.2. The summed E-state index contributed by atoms with van der Waals surface area (Å²) in [4.78, 5) is 16.8. The Balaban J connectivity index is 1.80. The first-order valence-corrected chi connectivity index (χ1v) is 9.09. The number of benzene rings is 1. The molecule has 1 aromatic carbocycles. The highest BCUT2D eigenvalue weighted by Gasteiger charge is 2.16. The standard InChI is InChI=1S/C18H13F2N5O2S/c1-27-16-14(20)8-13(9-21-16)24-17(26)15-6-7-22-25(15)23-18(24)28-10-11-2-4-12(19)5-3-11/h2-9H,10H2,1H3. The van der Waals surface area contributed by atoms with Crippen LogP contribution in [0.15, 0.2) is 58.7 Å². The predicted molar refractivity (Wildman–Crippen MR) is 98.9 cm³/mol. The van der Waals surface area contributed by atoms with Crippen LogP contribution in [-0.2, 0) is 5.75 Å². The van der Waals surface area contributed by atoms with Crippen LogP contribution in [0.3, 0.4) is 0 Å². The minimum Gasteiger partial charge on any atom is -0.479 e. The van der Waals surface area contributed by atoms with Crippen LogP contribution in [0.25, 0.3) is 11.2 Å². The van der Waals surface area contributed by atoms with Gasteiger partial charge in [0.05, 0.1) is 25.2 Å². The van der Waals surface area contributed by atoms with Gasteiger partial charge >= 0.3 is 0 Å². The molecule has 28 heavy (non-hydrogen) atoms. The second-order valence-electron chi connectivity index (χ2n) is 5.73. The minimum atomic E-state index is -0.699. The van der Waals surface area contributed by atoms with Crippen molar-refractivity contribution in [2.75, 3.05) is 7.11 Å². The second kappa shape index (κ2) is 7.39. The molecule has 0 unspecified atom stereocenters. The number of ether oxygens (including phenoxy) is 1. The van der Waals surface area contributed by atoms with Crippen molar-refractivity contribution >= 4 is 17.3 Å². The lowest BCUT2D eigenvalue weighted by atomic mass is 10.2. The number of thioether (sulfide) groups is 1. The normalized spacial score (nSPS) is 11.1. The quantitative estimate of drug-likeness (QED) is 0.479. The third-order valence-electron chi connectivity index (χ3n) is 3.94. The molecule has 0 aliphatic heterocycles. The van der Waals surface area contributed by atoms with Gasteiger partial charge in [0.25, 0.3) is 5.56 Å². The fourth-order valence-electron chi connectivity index (χ4n) is 2.60. The summed E-state index contributed by atoms with van der Waals surface area (Å²) in [6.45, 7) is 0. The molecule has 3 heterocycles. The van der Waals surface area contributed by atoms with Gasteiger partial charge in [-0.25, -0.2) is 13.8 Å². The first-order chi connectivity index (χ1) is 13.6. The van der Waals surface area contributed by atoms with Gasteiger partial charge in [0.2, 0.25) is 5.88 Å². The van der Waals surface area contributed by atoms with Crippen molar-refractivity contribution in [1.29, 1.82) is 0 Å². The highest BCUT2D eigenvalue weighted by Crippen LogP contribution is 2.24. The van der Waals surface area contributed by atoms with Gasteiger partial charge in [0, 0.05) is 11.8 Å². The fourth-order valence-corrected chi connectivity index (χ4v) is 3.54. The van der Waals surface area contributed by atoms with E-state index in [0.717, 1.165) is 11.6 Å². The van der Waals surface area contributed by atoms with E-state index >= 15 is 0 Å². The summed E-state index contributed by atoms with van der Waals surface area (Å²) in [5.41, 5.74) is 0.871. The summed E-state index contributed by atoms with van der Waals surface area (Å²) in [5, 5.41) is 8.65. The summed E-state index contributed by atoms with van der Waals surface area (Å²) in [6.07, 6.45) is 2.79. The highest BCUT2D eigenvalue weighted by atomic mass is 32.2. The molecule has 0 radical (unpaired) electrons. The Morgan fingerprint density at radius 1 is 1.18 bits per heavy atom. The Morgan fingerprint density at radius 2 is 1.96 bits per heavy atom. The Bertz CT molecular complexity index is 1210. The summed E-state index contributed by atoms with van der Waals surface area (Å²) >= 11 is 1.24. The number of methoxy groups -OCH3 is 1. The maximum atomic E-state index is 14.2. The van der Waals surface area contributed by atoms with Gasteiger partial charge in [-0.15, -0.1) is 9.73 Å². The summed E-state index contributed by atoms with van der Waals surface area (Å²) in [6, 6.07) is 8.68. The first kappa shape index (κ1) is 18.1. The van der Waals surface area contributed by atoms with E-state index in [9.17, 15) is 13.6 Å². The molecule has 142 valence electrons. The zero-order valence-electron chi connectivity index (χ0n) is 14.5. The number of nitrogens with zero attached hydrogens (tertiary/aromatic N) is 5. The van der Waals surface area contributed by atoms with Crippen LogP contribution in [0.2, 0.25) is 0 Å². The number of hydrogen-bond donors (Lipinski definition) is 0. The zero-order valence-corrected chi connectivity index (χ0v) is 15.4. The third kappa shape index (κ3) is 3.33. The van der Waals surface area contributed by atoms with Gasteiger partial charge in [-0.2, -0.15) is 5.10 Å². The average molecular weight is 401 g/mol. The van der Waals surface area contributed by atoms with E-state index in [-0.39, 0.29) is 28.1 Å². The Morgan fingerprint density at radius 3 is 2.68 bits per heavy atom. The van der Waals surface area contributed by atoms with Gasteiger partial charge in [0.15, 0.2) is 16.5 Å². The van der Waals surface area contributed by atoms with Crippen molar-refractivity contribution in [2.24, 2.45) is 0 Å². The van der Waals surface area contributed by atoms with Crippen molar-refractivity contribution in [1.82, 2.24) is 24.4 Å². The zero-order chi connectivity index (χ0) is 19.7. The molecule has 7 nitrogen and oxygen atoms in total. The van der Waals surface area contributed by atoms with Crippen molar-refractivity contribution in [3.63, 3.8) is 0 Å². The van der Waals surface area contributed by atoms with E-state index in [2.05, 4.69) is 15.2 Å². The van der Waals surface area contributed by atoms with Crippen LogP contribution in [-0.4, -0.2) is 31.5 Å². The van der Waals surface area contributed by atoms with Gasteiger partial charge in [0.1, 0.15) is 5.82 Å². The molecule has 3 aromatic heterocycles. The number of pyridine rings is 1. The lowest BCUT2D eigenvalue weighted by molar-refractivity contribution is 0.368. The molecular formula is C18H13F2N5O2S. The largest absolute Gasteiger partial charge is 0.479 e. The van der Waals surface area contributed by atoms with Crippen LogP contribution in [0.4, 0.5) is 8.78 Å². The van der Waals surface area contributed by atoms with E-state index in [4.69, 9.17) is 4.74 Å². The fraction of sp³-hybridized carbons (Fsp3) is 0.111. The molecule has 4 rings (SSSR count). The van der Waals surface area contributed by atoms with E-state index < -0.39 is 11.4 Å². The molecular weight excluding hydrogens is 388 g/mol. The average Bonchev–Trinajstić information content (AvgIpc) is 3.16. The van der Waals surface area contributed by atoms with Gasteiger partial charge in [-0.05, 0) is 23.8 Å². The highest BCUT2D eigenvalue weighted by molar-refractivity contribution is 7.98. The molecule has 0 fully saturated rings. The van der Waals surface area contributed by atoms with E-state index in [0.29, 0.717) is 5.75 Å². The minimum absolute atomic E-state index is 0.171. The number of fused-ring (bicyclic) bond motifs is 1. The van der Waals surface area contributed by atoms with Gasteiger partial charge in [-0.1, -0.05) is 23.9 Å². The van der Waals surface area contributed by atoms with Gasteiger partial charge in [-0.3, -0.25) is 9.36 Å². The Labute approximate surface area is 161 Å². The lowest BCUT2D eigenvalue weighted by Crippen LogP contribution is -2.24. The van der Waals surface area contributed by atoms with Crippen LogP contribution in [0, 0.1) is 11.6 Å². The smallest absolute Gasteiger partial charge is 0.285 e. The van der Waals surface area contributed by atoms with Crippen molar-refractivity contribution < 1.29 is 13.5 Å². The molecule has 4 aromatic rings. The monoisotopic (exact) mass is 401 g/mol. The Kier molecular flexibility index (Phi) is 4.78. The van der Waals surface area contributed by atoms with E-state index in [1.165, 1.54) is 58.7 Å². The summed E-state index contributed by atoms with van der Waals surface area (Å²) in [7, 11) is 1.31. The van der Waals surface area contributed by atoms with E-state index in [1.807, 2.05) is 0 Å². The van der Waals surface area contributed by atoms with Crippen molar-refractivity contribution in [2.45, 2.75) is 10.9 Å². The molecule has 0 atom stereocenters. The van der Waals surface area contributed by atoms with Crippen LogP contribution < -0.4 is 10.3 Å². The third-order valence-corrected chi connectivity index (χ3v) is 4.94. The molecule has 0 spiro atoms. The molecule has 0 saturated carbocycles. The SMILES string of the molecule is COc1ncc(-n2c(SCc3ccc(F)cc3)nn3nccc3c2=O)cc1F. The number of rotatable bonds is 5.